The number of anilines is 2. The molecule has 0 spiro atoms. The van der Waals surface area contributed by atoms with Gasteiger partial charge in [-0.25, -0.2) is 0 Å². The molecule has 1 aliphatic rings. The van der Waals surface area contributed by atoms with E-state index in [0.717, 1.165) is 22.5 Å². The highest BCUT2D eigenvalue weighted by Gasteiger charge is 2.49. The summed E-state index contributed by atoms with van der Waals surface area (Å²) in [6, 6.07) is 15.4. The first-order valence-electron chi connectivity index (χ1n) is 8.18. The molecule has 3 rings (SSSR count). The molecular weight excluding hydrogens is 300 g/mol. The summed E-state index contributed by atoms with van der Waals surface area (Å²) in [4.78, 5) is 26.6. The molecule has 4 nitrogen and oxygen atoms in total. The summed E-state index contributed by atoms with van der Waals surface area (Å²) in [6.07, 6.45) is 0.618. The number of para-hydroxylation sites is 1. The minimum absolute atomic E-state index is 0.00183. The summed E-state index contributed by atoms with van der Waals surface area (Å²) in [6.45, 7) is 3.99. The zero-order valence-corrected chi connectivity index (χ0v) is 14.2. The van der Waals surface area contributed by atoms with Gasteiger partial charge >= 0.3 is 0 Å². The van der Waals surface area contributed by atoms with E-state index in [4.69, 9.17) is 0 Å². The highest BCUT2D eigenvalue weighted by atomic mass is 16.2. The maximum Gasteiger partial charge on any atom is 0.230 e. The van der Waals surface area contributed by atoms with Gasteiger partial charge in [0.15, 0.2) is 0 Å². The second kappa shape index (κ2) is 6.48. The maximum atomic E-state index is 12.5. The van der Waals surface area contributed by atoms with E-state index < -0.39 is 0 Å². The van der Waals surface area contributed by atoms with Crippen LogP contribution >= 0.6 is 0 Å². The van der Waals surface area contributed by atoms with Crippen LogP contribution in [-0.4, -0.2) is 18.9 Å². The first kappa shape index (κ1) is 16.2. The Labute approximate surface area is 142 Å². The van der Waals surface area contributed by atoms with Crippen LogP contribution in [0.3, 0.4) is 0 Å². The van der Waals surface area contributed by atoms with Crippen LogP contribution in [-0.2, 0) is 9.59 Å². The van der Waals surface area contributed by atoms with E-state index in [9.17, 15) is 9.59 Å². The summed E-state index contributed by atoms with van der Waals surface area (Å²) in [5.74, 6) is -0.519. The van der Waals surface area contributed by atoms with Crippen LogP contribution in [0.2, 0.25) is 0 Å². The minimum Gasteiger partial charge on any atom is -0.326 e. The van der Waals surface area contributed by atoms with Crippen molar-refractivity contribution in [3.63, 3.8) is 0 Å². The topological polar surface area (TPSA) is 49.4 Å². The molecule has 1 N–H and O–H groups in total. The fourth-order valence-corrected chi connectivity index (χ4v) is 2.96. The SMILES string of the molecule is Cc1ccc(NC(=O)C2CC2C(=O)N(C)c2ccccc2)c(C)c1. The van der Waals surface area contributed by atoms with Gasteiger partial charge in [-0.3, -0.25) is 9.59 Å². The monoisotopic (exact) mass is 322 g/mol. The number of aryl methyl sites for hydroxylation is 2. The molecule has 2 aromatic rings. The summed E-state index contributed by atoms with van der Waals surface area (Å²) < 4.78 is 0. The fourth-order valence-electron chi connectivity index (χ4n) is 2.96. The number of benzene rings is 2. The van der Waals surface area contributed by atoms with Gasteiger partial charge in [0, 0.05) is 18.4 Å². The molecule has 0 heterocycles. The summed E-state index contributed by atoms with van der Waals surface area (Å²) in [5, 5.41) is 2.95. The third kappa shape index (κ3) is 3.32. The van der Waals surface area contributed by atoms with Gasteiger partial charge in [0.05, 0.1) is 11.8 Å². The lowest BCUT2D eigenvalue weighted by molar-refractivity contribution is -0.123. The molecule has 0 saturated heterocycles. The molecule has 1 fully saturated rings. The Hall–Kier alpha value is -2.62. The van der Waals surface area contributed by atoms with Crippen molar-refractivity contribution < 1.29 is 9.59 Å². The zero-order valence-electron chi connectivity index (χ0n) is 14.2. The lowest BCUT2D eigenvalue weighted by Gasteiger charge is -2.17. The molecule has 2 atom stereocenters. The number of hydrogen-bond donors (Lipinski definition) is 1. The average Bonchev–Trinajstić information content (AvgIpc) is 3.37. The molecule has 0 aliphatic heterocycles. The zero-order chi connectivity index (χ0) is 17.3. The van der Waals surface area contributed by atoms with Crippen molar-refractivity contribution in [1.29, 1.82) is 0 Å². The van der Waals surface area contributed by atoms with Crippen LogP contribution in [0.4, 0.5) is 11.4 Å². The van der Waals surface area contributed by atoms with Crippen molar-refractivity contribution in [2.75, 3.05) is 17.3 Å². The Balaban J connectivity index is 1.62. The normalized spacial score (nSPS) is 18.8. The summed E-state index contributed by atoms with van der Waals surface area (Å²) in [7, 11) is 1.76. The number of hydrogen-bond acceptors (Lipinski definition) is 2. The maximum absolute atomic E-state index is 12.5. The van der Waals surface area contributed by atoms with Crippen LogP contribution in [0.15, 0.2) is 48.5 Å². The quantitative estimate of drug-likeness (QED) is 0.936. The molecule has 124 valence electrons. The van der Waals surface area contributed by atoms with E-state index in [-0.39, 0.29) is 23.7 Å². The van der Waals surface area contributed by atoms with Crippen molar-refractivity contribution in [2.45, 2.75) is 20.3 Å². The first-order chi connectivity index (χ1) is 11.5. The summed E-state index contributed by atoms with van der Waals surface area (Å²) in [5.41, 5.74) is 3.87. The third-order valence-electron chi connectivity index (χ3n) is 4.56. The predicted octanol–water partition coefficient (Wildman–Crippen LogP) is 3.54. The van der Waals surface area contributed by atoms with Crippen LogP contribution in [0, 0.1) is 25.7 Å². The average molecular weight is 322 g/mol. The fraction of sp³-hybridized carbons (Fsp3) is 0.300. The first-order valence-corrected chi connectivity index (χ1v) is 8.18. The molecular formula is C20H22N2O2. The van der Waals surface area contributed by atoms with E-state index >= 15 is 0 Å². The standard InChI is InChI=1S/C20H22N2O2/c1-13-9-10-18(14(2)11-13)21-19(23)16-12-17(16)20(24)22(3)15-7-5-4-6-8-15/h4-11,16-17H,12H2,1-3H3,(H,21,23). The predicted molar refractivity (Wildman–Crippen MR) is 96.0 cm³/mol. The minimum atomic E-state index is -0.232. The molecule has 1 aliphatic carbocycles. The van der Waals surface area contributed by atoms with E-state index in [1.54, 1.807) is 11.9 Å². The van der Waals surface area contributed by atoms with E-state index in [2.05, 4.69) is 5.32 Å². The molecule has 0 aromatic heterocycles. The van der Waals surface area contributed by atoms with E-state index in [1.165, 1.54) is 0 Å². The Morgan fingerprint density at radius 2 is 1.75 bits per heavy atom. The van der Waals surface area contributed by atoms with Gasteiger partial charge in [0.25, 0.3) is 0 Å². The Morgan fingerprint density at radius 3 is 2.42 bits per heavy atom. The van der Waals surface area contributed by atoms with Gasteiger partial charge in [-0.05, 0) is 44.0 Å². The Morgan fingerprint density at radius 1 is 1.04 bits per heavy atom. The van der Waals surface area contributed by atoms with Crippen molar-refractivity contribution in [3.05, 3.63) is 59.7 Å². The lowest BCUT2D eigenvalue weighted by Crippen LogP contribution is -2.29. The number of nitrogens with one attached hydrogen (secondary N) is 1. The van der Waals surface area contributed by atoms with Gasteiger partial charge in [-0.2, -0.15) is 0 Å². The number of carbonyl (C=O) groups excluding carboxylic acids is 2. The molecule has 4 heteroatoms. The Bertz CT molecular complexity index is 770. The van der Waals surface area contributed by atoms with Crippen molar-refractivity contribution in [2.24, 2.45) is 11.8 Å². The second-order valence-corrected chi connectivity index (χ2v) is 6.49. The Kier molecular flexibility index (Phi) is 4.38. The van der Waals surface area contributed by atoms with Gasteiger partial charge in [0.1, 0.15) is 0 Å². The van der Waals surface area contributed by atoms with Gasteiger partial charge in [0.2, 0.25) is 11.8 Å². The summed E-state index contributed by atoms with van der Waals surface area (Å²) >= 11 is 0. The van der Waals surface area contributed by atoms with Gasteiger partial charge in [-0.1, -0.05) is 35.9 Å². The largest absolute Gasteiger partial charge is 0.326 e. The molecule has 24 heavy (non-hydrogen) atoms. The lowest BCUT2D eigenvalue weighted by atomic mass is 10.1. The number of amides is 2. The van der Waals surface area contributed by atoms with Gasteiger partial charge in [-0.15, -0.1) is 0 Å². The van der Waals surface area contributed by atoms with Crippen molar-refractivity contribution in [1.82, 2.24) is 0 Å². The molecule has 2 unspecified atom stereocenters. The van der Waals surface area contributed by atoms with Crippen molar-refractivity contribution >= 4 is 23.2 Å². The molecule has 2 aromatic carbocycles. The van der Waals surface area contributed by atoms with Crippen LogP contribution in [0.25, 0.3) is 0 Å². The highest BCUT2D eigenvalue weighted by molar-refractivity contribution is 6.04. The molecule has 0 radical (unpaired) electrons. The van der Waals surface area contributed by atoms with E-state index in [1.807, 2.05) is 62.4 Å². The van der Waals surface area contributed by atoms with Gasteiger partial charge < -0.3 is 10.2 Å². The smallest absolute Gasteiger partial charge is 0.230 e. The number of rotatable bonds is 4. The number of nitrogens with zero attached hydrogens (tertiary/aromatic N) is 1. The molecule has 2 amide bonds. The third-order valence-corrected chi connectivity index (χ3v) is 4.56. The van der Waals surface area contributed by atoms with Crippen LogP contribution in [0.5, 0.6) is 0 Å². The van der Waals surface area contributed by atoms with E-state index in [0.29, 0.717) is 6.42 Å². The second-order valence-electron chi connectivity index (χ2n) is 6.49. The molecule has 0 bridgehead atoms. The molecule has 1 saturated carbocycles. The van der Waals surface area contributed by atoms with Crippen molar-refractivity contribution in [3.8, 4) is 0 Å². The van der Waals surface area contributed by atoms with Crippen LogP contribution < -0.4 is 10.2 Å². The van der Waals surface area contributed by atoms with Crippen LogP contribution in [0.1, 0.15) is 17.5 Å². The highest BCUT2D eigenvalue weighted by Crippen LogP contribution is 2.41. The number of carbonyl (C=O) groups is 2.